The van der Waals surface area contributed by atoms with E-state index in [9.17, 15) is 14.0 Å². The van der Waals surface area contributed by atoms with E-state index in [2.05, 4.69) is 5.32 Å². The number of halogens is 2. The van der Waals surface area contributed by atoms with Crippen LogP contribution in [0.3, 0.4) is 0 Å². The van der Waals surface area contributed by atoms with Gasteiger partial charge in [0.25, 0.3) is 11.8 Å². The van der Waals surface area contributed by atoms with Gasteiger partial charge in [-0.2, -0.15) is 0 Å². The van der Waals surface area contributed by atoms with Crippen molar-refractivity contribution in [2.24, 2.45) is 0 Å². The van der Waals surface area contributed by atoms with E-state index < -0.39 is 17.6 Å². The van der Waals surface area contributed by atoms with E-state index in [0.717, 1.165) is 4.90 Å². The van der Waals surface area contributed by atoms with Crippen LogP contribution in [-0.2, 0) is 9.59 Å². The van der Waals surface area contributed by atoms with Crippen molar-refractivity contribution in [1.82, 2.24) is 0 Å². The molecular formula is C25H20ClFN2O4. The first kappa shape index (κ1) is 22.4. The highest BCUT2D eigenvalue weighted by Gasteiger charge is 2.41. The van der Waals surface area contributed by atoms with E-state index in [-0.39, 0.29) is 11.3 Å². The van der Waals surface area contributed by atoms with Crippen LogP contribution in [-0.4, -0.2) is 26.0 Å². The number of nitrogens with zero attached hydrogens (tertiary/aromatic N) is 1. The molecule has 0 atom stereocenters. The summed E-state index contributed by atoms with van der Waals surface area (Å²) >= 11 is 6.06. The number of aryl methyl sites for hydroxylation is 1. The Hall–Kier alpha value is -3.84. The number of imide groups is 1. The van der Waals surface area contributed by atoms with E-state index in [1.54, 1.807) is 43.3 Å². The molecule has 0 fully saturated rings. The summed E-state index contributed by atoms with van der Waals surface area (Å²) in [5.74, 6) is -0.575. The Kier molecular flexibility index (Phi) is 6.07. The first-order valence-electron chi connectivity index (χ1n) is 9.98. The summed E-state index contributed by atoms with van der Waals surface area (Å²) in [6.45, 7) is 1.76. The number of ether oxygens (including phenoxy) is 2. The van der Waals surface area contributed by atoms with Gasteiger partial charge in [-0.3, -0.25) is 9.59 Å². The topological polar surface area (TPSA) is 67.9 Å². The molecule has 0 unspecified atom stereocenters. The number of rotatable bonds is 6. The summed E-state index contributed by atoms with van der Waals surface area (Å²) < 4.78 is 24.3. The van der Waals surface area contributed by atoms with Crippen molar-refractivity contribution in [3.05, 3.63) is 88.3 Å². The molecule has 2 amide bonds. The van der Waals surface area contributed by atoms with Crippen LogP contribution < -0.4 is 19.7 Å². The fourth-order valence-corrected chi connectivity index (χ4v) is 3.89. The van der Waals surface area contributed by atoms with Gasteiger partial charge >= 0.3 is 0 Å². The van der Waals surface area contributed by atoms with Crippen molar-refractivity contribution in [3.8, 4) is 11.5 Å². The van der Waals surface area contributed by atoms with Crippen LogP contribution in [0.1, 0.15) is 11.1 Å². The number of benzene rings is 3. The molecule has 0 saturated heterocycles. The van der Waals surface area contributed by atoms with E-state index in [1.165, 1.54) is 38.5 Å². The van der Waals surface area contributed by atoms with Crippen molar-refractivity contribution >= 4 is 40.4 Å². The zero-order valence-electron chi connectivity index (χ0n) is 18.1. The lowest BCUT2D eigenvalue weighted by molar-refractivity contribution is -0.120. The lowest BCUT2D eigenvalue weighted by Gasteiger charge is -2.18. The number of hydrogen-bond donors (Lipinski definition) is 1. The number of amides is 2. The highest BCUT2D eigenvalue weighted by Crippen LogP contribution is 2.38. The smallest absolute Gasteiger partial charge is 0.282 e. The second-order valence-electron chi connectivity index (χ2n) is 7.32. The van der Waals surface area contributed by atoms with Crippen molar-refractivity contribution in [2.75, 3.05) is 24.4 Å². The fourth-order valence-electron chi connectivity index (χ4n) is 3.67. The van der Waals surface area contributed by atoms with Gasteiger partial charge in [-0.15, -0.1) is 0 Å². The maximum absolute atomic E-state index is 13.6. The normalized spacial score (nSPS) is 13.5. The molecule has 0 saturated carbocycles. The second kappa shape index (κ2) is 8.96. The van der Waals surface area contributed by atoms with Gasteiger partial charge in [0.05, 0.1) is 31.2 Å². The summed E-state index contributed by atoms with van der Waals surface area (Å²) in [6.07, 6.45) is 0. The Bertz CT molecular complexity index is 1290. The highest BCUT2D eigenvalue weighted by molar-refractivity contribution is 6.46. The van der Waals surface area contributed by atoms with Crippen LogP contribution in [0, 0.1) is 12.7 Å². The lowest BCUT2D eigenvalue weighted by atomic mass is 10.0. The fraction of sp³-hybridized carbons (Fsp3) is 0.120. The predicted molar refractivity (Wildman–Crippen MR) is 125 cm³/mol. The Balaban J connectivity index is 1.87. The number of methoxy groups -OCH3 is 2. The first-order chi connectivity index (χ1) is 15.8. The largest absolute Gasteiger partial charge is 0.497 e. The van der Waals surface area contributed by atoms with Crippen LogP contribution >= 0.6 is 11.6 Å². The Morgan fingerprint density at radius 1 is 0.909 bits per heavy atom. The number of carbonyl (C=O) groups excluding carboxylic acids is 2. The van der Waals surface area contributed by atoms with Gasteiger partial charge in [0.2, 0.25) is 0 Å². The van der Waals surface area contributed by atoms with Gasteiger partial charge in [0, 0.05) is 11.1 Å². The minimum Gasteiger partial charge on any atom is -0.497 e. The summed E-state index contributed by atoms with van der Waals surface area (Å²) in [5, 5.41) is 3.54. The monoisotopic (exact) mass is 466 g/mol. The van der Waals surface area contributed by atoms with Crippen LogP contribution in [0.4, 0.5) is 15.8 Å². The molecule has 3 aromatic rings. The zero-order valence-corrected chi connectivity index (χ0v) is 18.9. The predicted octanol–water partition coefficient (Wildman–Crippen LogP) is 5.20. The Labute approximate surface area is 195 Å². The molecule has 0 radical (unpaired) electrons. The molecule has 8 heteroatoms. The summed E-state index contributed by atoms with van der Waals surface area (Å²) in [7, 11) is 3.01. The molecular weight excluding hydrogens is 447 g/mol. The lowest BCUT2D eigenvalue weighted by Crippen LogP contribution is -2.33. The minimum atomic E-state index is -0.561. The highest BCUT2D eigenvalue weighted by atomic mass is 35.5. The van der Waals surface area contributed by atoms with Crippen molar-refractivity contribution in [3.63, 3.8) is 0 Å². The van der Waals surface area contributed by atoms with Crippen LogP contribution in [0.2, 0.25) is 5.02 Å². The molecule has 3 aromatic carbocycles. The SMILES string of the molecule is COc1ccc(OC)c(NC2=C(c3ccc(F)cc3)C(=O)N(c3ccc(Cl)cc3C)C2=O)c1. The molecule has 0 bridgehead atoms. The number of anilines is 2. The molecule has 1 heterocycles. The zero-order chi connectivity index (χ0) is 23.7. The summed E-state index contributed by atoms with van der Waals surface area (Å²) in [5.41, 5.74) is 2.04. The second-order valence-corrected chi connectivity index (χ2v) is 7.76. The average molecular weight is 467 g/mol. The van der Waals surface area contributed by atoms with Crippen molar-refractivity contribution in [1.29, 1.82) is 0 Å². The third kappa shape index (κ3) is 4.15. The third-order valence-electron chi connectivity index (χ3n) is 5.28. The van der Waals surface area contributed by atoms with Gasteiger partial charge < -0.3 is 14.8 Å². The van der Waals surface area contributed by atoms with Crippen molar-refractivity contribution < 1.29 is 23.5 Å². The molecule has 6 nitrogen and oxygen atoms in total. The molecule has 1 aliphatic rings. The van der Waals surface area contributed by atoms with Gasteiger partial charge in [0.1, 0.15) is 23.0 Å². The molecule has 1 aliphatic heterocycles. The molecule has 4 rings (SSSR count). The summed E-state index contributed by atoms with van der Waals surface area (Å²) in [6, 6.07) is 15.3. The van der Waals surface area contributed by atoms with Crippen LogP contribution in [0.5, 0.6) is 11.5 Å². The Morgan fingerprint density at radius 2 is 1.64 bits per heavy atom. The molecule has 1 N–H and O–H groups in total. The van der Waals surface area contributed by atoms with E-state index >= 15 is 0 Å². The molecule has 33 heavy (non-hydrogen) atoms. The summed E-state index contributed by atoms with van der Waals surface area (Å²) in [4.78, 5) is 28.2. The maximum Gasteiger partial charge on any atom is 0.282 e. The molecule has 0 aromatic heterocycles. The number of carbonyl (C=O) groups is 2. The number of nitrogens with one attached hydrogen (secondary N) is 1. The van der Waals surface area contributed by atoms with E-state index in [1.807, 2.05) is 0 Å². The number of hydrogen-bond acceptors (Lipinski definition) is 5. The first-order valence-corrected chi connectivity index (χ1v) is 10.4. The van der Waals surface area contributed by atoms with Gasteiger partial charge in [-0.05, 0) is 60.5 Å². The van der Waals surface area contributed by atoms with E-state index in [4.69, 9.17) is 21.1 Å². The Morgan fingerprint density at radius 3 is 2.27 bits per heavy atom. The third-order valence-corrected chi connectivity index (χ3v) is 5.52. The standard InChI is InChI=1S/C25H20ClFN2O4/c1-14-12-16(26)6-10-20(14)29-24(30)22(15-4-7-17(27)8-5-15)23(25(29)31)28-19-13-18(32-2)9-11-21(19)33-3/h4-13,28H,1-3H3. The van der Waals surface area contributed by atoms with Crippen LogP contribution in [0.15, 0.2) is 66.4 Å². The average Bonchev–Trinajstić information content (AvgIpc) is 3.04. The van der Waals surface area contributed by atoms with Crippen molar-refractivity contribution in [2.45, 2.75) is 6.92 Å². The van der Waals surface area contributed by atoms with Gasteiger partial charge in [-0.25, -0.2) is 9.29 Å². The quantitative estimate of drug-likeness (QED) is 0.506. The van der Waals surface area contributed by atoms with Gasteiger partial charge in [-0.1, -0.05) is 23.7 Å². The van der Waals surface area contributed by atoms with Gasteiger partial charge in [0.15, 0.2) is 0 Å². The molecule has 168 valence electrons. The minimum absolute atomic E-state index is 0.0347. The maximum atomic E-state index is 13.6. The molecule has 0 spiro atoms. The van der Waals surface area contributed by atoms with Crippen LogP contribution in [0.25, 0.3) is 5.57 Å². The molecule has 0 aliphatic carbocycles. The van der Waals surface area contributed by atoms with E-state index in [0.29, 0.717) is 39.0 Å².